The van der Waals surface area contributed by atoms with Crippen LogP contribution in [0.3, 0.4) is 0 Å². The van der Waals surface area contributed by atoms with E-state index < -0.39 is 6.23 Å². The summed E-state index contributed by atoms with van der Waals surface area (Å²) in [7, 11) is 2.04. The first-order chi connectivity index (χ1) is 13.1. The molecule has 1 aromatic heterocycles. The zero-order chi connectivity index (χ0) is 18.8. The highest BCUT2D eigenvalue weighted by Gasteiger charge is 2.24. The van der Waals surface area contributed by atoms with Gasteiger partial charge in [-0.25, -0.2) is 9.97 Å². The Balaban J connectivity index is 1.56. The normalized spacial score (nSPS) is 16.3. The van der Waals surface area contributed by atoms with Crippen molar-refractivity contribution >= 4 is 16.7 Å². The fourth-order valence-electron chi connectivity index (χ4n) is 4.04. The molecule has 0 saturated heterocycles. The number of fused-ring (bicyclic) bond motifs is 1. The van der Waals surface area contributed by atoms with Crippen molar-refractivity contribution in [2.75, 3.05) is 12.8 Å². The maximum absolute atomic E-state index is 10.7. The van der Waals surface area contributed by atoms with Gasteiger partial charge in [-0.15, -0.1) is 0 Å². The number of rotatable bonds is 5. The molecule has 2 aromatic carbocycles. The Hall–Kier alpha value is -2.50. The summed E-state index contributed by atoms with van der Waals surface area (Å²) in [5.41, 5.74) is 10.2. The molecule has 3 N–H and O–H groups in total. The number of anilines is 1. The Bertz CT molecular complexity index is 936. The summed E-state index contributed by atoms with van der Waals surface area (Å²) in [6.45, 7) is 0. The number of hydrogen-bond acceptors (Lipinski definition) is 5. The largest absolute Gasteiger partial charge is 0.383 e. The Labute approximate surface area is 159 Å². The average molecular weight is 362 g/mol. The highest BCUT2D eigenvalue weighted by Crippen LogP contribution is 2.28. The van der Waals surface area contributed by atoms with E-state index in [0.717, 1.165) is 27.6 Å². The van der Waals surface area contributed by atoms with Gasteiger partial charge in [-0.1, -0.05) is 43.2 Å². The van der Waals surface area contributed by atoms with Crippen molar-refractivity contribution in [2.45, 2.75) is 44.4 Å². The Kier molecular flexibility index (Phi) is 5.05. The minimum Gasteiger partial charge on any atom is -0.383 e. The van der Waals surface area contributed by atoms with Crippen LogP contribution in [0.25, 0.3) is 22.0 Å². The van der Waals surface area contributed by atoms with Gasteiger partial charge in [0, 0.05) is 17.8 Å². The quantitative estimate of drug-likeness (QED) is 0.678. The number of aromatic nitrogens is 2. The summed E-state index contributed by atoms with van der Waals surface area (Å²) in [4.78, 5) is 10.5. The first-order valence-corrected chi connectivity index (χ1v) is 9.61. The van der Waals surface area contributed by atoms with Crippen molar-refractivity contribution in [3.63, 3.8) is 0 Å². The number of nitrogens with two attached hydrogens (primary N) is 1. The third-order valence-electron chi connectivity index (χ3n) is 5.72. The first-order valence-electron chi connectivity index (χ1n) is 9.61. The molecule has 5 heteroatoms. The lowest BCUT2D eigenvalue weighted by molar-refractivity contribution is -0.00365. The summed E-state index contributed by atoms with van der Waals surface area (Å²) in [5.74, 6) is 0.492. The van der Waals surface area contributed by atoms with Crippen LogP contribution in [0.2, 0.25) is 0 Å². The van der Waals surface area contributed by atoms with Gasteiger partial charge in [0.2, 0.25) is 0 Å². The highest BCUT2D eigenvalue weighted by atomic mass is 16.3. The molecule has 1 aliphatic carbocycles. The van der Waals surface area contributed by atoms with E-state index in [1.807, 2.05) is 25.2 Å². The molecule has 0 amide bonds. The molecule has 1 fully saturated rings. The second kappa shape index (κ2) is 7.62. The second-order valence-electron chi connectivity index (χ2n) is 7.48. The van der Waals surface area contributed by atoms with Crippen molar-refractivity contribution < 1.29 is 5.11 Å². The van der Waals surface area contributed by atoms with E-state index in [9.17, 15) is 5.11 Å². The Morgan fingerprint density at radius 3 is 2.70 bits per heavy atom. The van der Waals surface area contributed by atoms with Gasteiger partial charge >= 0.3 is 0 Å². The summed E-state index contributed by atoms with van der Waals surface area (Å²) < 4.78 is 0. The van der Waals surface area contributed by atoms with E-state index >= 15 is 0 Å². The Morgan fingerprint density at radius 1 is 1.11 bits per heavy atom. The lowest BCUT2D eigenvalue weighted by atomic mass is 9.99. The minimum atomic E-state index is -0.455. The van der Waals surface area contributed by atoms with E-state index in [-0.39, 0.29) is 0 Å². The molecule has 0 spiro atoms. The topological polar surface area (TPSA) is 75.3 Å². The van der Waals surface area contributed by atoms with Crippen molar-refractivity contribution in [3.8, 4) is 11.1 Å². The molecule has 0 radical (unpaired) electrons. The molecule has 4 rings (SSSR count). The minimum absolute atomic E-state index is 0.455. The van der Waals surface area contributed by atoms with Gasteiger partial charge in [-0.3, -0.25) is 4.90 Å². The van der Waals surface area contributed by atoms with Crippen LogP contribution in [0.5, 0.6) is 0 Å². The number of nitrogen functional groups attached to an aromatic ring is 1. The predicted molar refractivity (Wildman–Crippen MR) is 109 cm³/mol. The van der Waals surface area contributed by atoms with Crippen LogP contribution in [0, 0.1) is 0 Å². The first kappa shape index (κ1) is 17.9. The summed E-state index contributed by atoms with van der Waals surface area (Å²) in [5, 5.41) is 11.5. The van der Waals surface area contributed by atoms with E-state index in [2.05, 4.69) is 39.1 Å². The number of hydrogen-bond donors (Lipinski definition) is 2. The van der Waals surface area contributed by atoms with Gasteiger partial charge < -0.3 is 10.8 Å². The molecule has 140 valence electrons. The van der Waals surface area contributed by atoms with Gasteiger partial charge in [0.05, 0.1) is 5.52 Å². The van der Waals surface area contributed by atoms with Gasteiger partial charge in [0.25, 0.3) is 0 Å². The third kappa shape index (κ3) is 3.80. The molecular formula is C22H26N4O. The lowest BCUT2D eigenvalue weighted by Crippen LogP contribution is -2.40. The summed E-state index contributed by atoms with van der Waals surface area (Å²) >= 11 is 0. The molecule has 0 aliphatic heterocycles. The molecule has 1 heterocycles. The molecule has 1 aliphatic rings. The molecule has 1 atom stereocenters. The van der Waals surface area contributed by atoms with Crippen LogP contribution < -0.4 is 5.73 Å². The molecule has 5 nitrogen and oxygen atoms in total. The molecular weight excluding hydrogens is 336 g/mol. The number of likely N-dealkylation sites (N-methyl/N-ethyl adjacent to an activating group) is 1. The monoisotopic (exact) mass is 362 g/mol. The van der Waals surface area contributed by atoms with Crippen LogP contribution >= 0.6 is 0 Å². The van der Waals surface area contributed by atoms with Crippen molar-refractivity contribution in [3.05, 3.63) is 54.4 Å². The molecule has 27 heavy (non-hydrogen) atoms. The maximum Gasteiger partial charge on any atom is 0.134 e. The molecule has 0 bridgehead atoms. The van der Waals surface area contributed by atoms with Crippen LogP contribution in [0.4, 0.5) is 5.82 Å². The van der Waals surface area contributed by atoms with Crippen molar-refractivity contribution in [1.82, 2.24) is 14.9 Å². The third-order valence-corrected chi connectivity index (χ3v) is 5.72. The Morgan fingerprint density at radius 2 is 1.89 bits per heavy atom. The van der Waals surface area contributed by atoms with E-state index in [0.29, 0.717) is 18.3 Å². The molecule has 1 saturated carbocycles. The summed E-state index contributed by atoms with van der Waals surface area (Å²) in [6, 6.07) is 14.9. The zero-order valence-corrected chi connectivity index (χ0v) is 15.7. The predicted octanol–water partition coefficient (Wildman–Crippen LogP) is 3.61. The van der Waals surface area contributed by atoms with Gasteiger partial charge in [0.15, 0.2) is 0 Å². The lowest BCUT2D eigenvalue weighted by Gasteiger charge is -2.29. The number of aliphatic hydroxyl groups is 1. The smallest absolute Gasteiger partial charge is 0.134 e. The number of nitrogens with zero attached hydrogens (tertiary/aromatic N) is 3. The standard InChI is InChI=1S/C22H26N4O/c1-26(18-7-2-3-8-18)21(27)12-15-5-4-6-16(11-15)17-9-10-20-19(13-17)22(23)25-14-24-20/h4-6,9-11,13-14,18,21,27H,2-3,7-8,12H2,1H3,(H2,23,24,25). The van der Waals surface area contributed by atoms with E-state index in [1.54, 1.807) is 0 Å². The van der Waals surface area contributed by atoms with Gasteiger partial charge in [-0.2, -0.15) is 0 Å². The van der Waals surface area contributed by atoms with E-state index in [4.69, 9.17) is 5.73 Å². The van der Waals surface area contributed by atoms with Crippen LogP contribution in [0.1, 0.15) is 31.2 Å². The van der Waals surface area contributed by atoms with Gasteiger partial charge in [0.1, 0.15) is 18.4 Å². The van der Waals surface area contributed by atoms with Crippen LogP contribution in [0.15, 0.2) is 48.8 Å². The molecule has 1 unspecified atom stereocenters. The van der Waals surface area contributed by atoms with Crippen LogP contribution in [-0.2, 0) is 6.42 Å². The summed E-state index contributed by atoms with van der Waals surface area (Å²) in [6.07, 6.45) is 6.57. The number of benzene rings is 2. The van der Waals surface area contributed by atoms with Crippen molar-refractivity contribution in [2.24, 2.45) is 0 Å². The number of aliphatic hydroxyl groups excluding tert-OH is 1. The van der Waals surface area contributed by atoms with Gasteiger partial charge in [-0.05, 0) is 48.7 Å². The zero-order valence-electron chi connectivity index (χ0n) is 15.7. The average Bonchev–Trinajstić information content (AvgIpc) is 3.22. The fourth-order valence-corrected chi connectivity index (χ4v) is 4.04. The highest BCUT2D eigenvalue weighted by molar-refractivity contribution is 5.91. The van der Waals surface area contributed by atoms with Crippen LogP contribution in [-0.4, -0.2) is 39.3 Å². The SMILES string of the molecule is CN(C(O)Cc1cccc(-c2ccc3ncnc(N)c3c2)c1)C1CCCC1. The maximum atomic E-state index is 10.7. The second-order valence-corrected chi connectivity index (χ2v) is 7.48. The van der Waals surface area contributed by atoms with Crippen molar-refractivity contribution in [1.29, 1.82) is 0 Å². The molecule has 3 aromatic rings. The van der Waals surface area contributed by atoms with E-state index in [1.165, 1.54) is 32.0 Å². The fraction of sp³-hybridized carbons (Fsp3) is 0.364.